The molecule has 6 nitrogen and oxygen atoms in total. The number of carbonyl (C=O) groups is 1. The van der Waals surface area contributed by atoms with Crippen LogP contribution in [-0.2, 0) is 17.6 Å². The lowest BCUT2D eigenvalue weighted by atomic mass is 9.91. The zero-order chi connectivity index (χ0) is 21.7. The number of pyridine rings is 2. The van der Waals surface area contributed by atoms with E-state index in [1.807, 2.05) is 12.1 Å². The van der Waals surface area contributed by atoms with Gasteiger partial charge in [-0.1, -0.05) is 6.07 Å². The van der Waals surface area contributed by atoms with E-state index in [2.05, 4.69) is 33.4 Å². The van der Waals surface area contributed by atoms with Gasteiger partial charge in [-0.15, -0.1) is 0 Å². The van der Waals surface area contributed by atoms with Crippen LogP contribution < -0.4 is 10.2 Å². The molecule has 0 radical (unpaired) electrons. The van der Waals surface area contributed by atoms with E-state index in [-0.39, 0.29) is 17.9 Å². The van der Waals surface area contributed by atoms with Gasteiger partial charge >= 0.3 is 0 Å². The third kappa shape index (κ3) is 3.62. The first-order chi connectivity index (χ1) is 15.7. The van der Waals surface area contributed by atoms with Gasteiger partial charge in [0.05, 0.1) is 17.3 Å². The molecule has 0 bridgehead atoms. The number of amides is 1. The normalized spacial score (nSPS) is 20.4. The van der Waals surface area contributed by atoms with E-state index in [0.717, 1.165) is 60.7 Å². The largest absolute Gasteiger partial charge is 0.391 e. The number of hydrogen-bond donors (Lipinski definition) is 2. The number of anilines is 2. The zero-order valence-corrected chi connectivity index (χ0v) is 18.2. The third-order valence-electron chi connectivity index (χ3n) is 7.00. The van der Waals surface area contributed by atoms with Gasteiger partial charge in [0.15, 0.2) is 0 Å². The predicted octanol–water partition coefficient (Wildman–Crippen LogP) is 4.10. The quantitative estimate of drug-likeness (QED) is 0.654. The van der Waals surface area contributed by atoms with Gasteiger partial charge in [-0.3, -0.25) is 9.78 Å². The van der Waals surface area contributed by atoms with Crippen LogP contribution in [0.2, 0.25) is 0 Å². The molecule has 2 aliphatic carbocycles. The summed E-state index contributed by atoms with van der Waals surface area (Å²) in [6.45, 7) is 1.56. The lowest BCUT2D eigenvalue weighted by molar-refractivity contribution is -0.117. The second-order valence-corrected chi connectivity index (χ2v) is 9.41. The fourth-order valence-electron chi connectivity index (χ4n) is 5.14. The van der Waals surface area contributed by atoms with Crippen LogP contribution in [-0.4, -0.2) is 40.2 Å². The van der Waals surface area contributed by atoms with Crippen molar-refractivity contribution >= 4 is 28.3 Å². The maximum atomic E-state index is 12.2. The highest BCUT2D eigenvalue weighted by Crippen LogP contribution is 2.39. The van der Waals surface area contributed by atoms with Crippen molar-refractivity contribution in [1.82, 2.24) is 9.97 Å². The third-order valence-corrected chi connectivity index (χ3v) is 7.00. The number of rotatable bonds is 4. The molecule has 6 rings (SSSR count). The Hall–Kier alpha value is -2.99. The van der Waals surface area contributed by atoms with Crippen LogP contribution >= 0.6 is 0 Å². The fourth-order valence-corrected chi connectivity index (χ4v) is 5.14. The van der Waals surface area contributed by atoms with E-state index >= 15 is 0 Å². The molecule has 32 heavy (non-hydrogen) atoms. The van der Waals surface area contributed by atoms with E-state index in [4.69, 9.17) is 4.98 Å². The standard InChI is InChI=1S/C26H28N4O2/c31-19-10-12-30(15-19)25-20-3-1-2-4-22(20)28-23-8-7-17(13-21(23)25)18-9-11-27-24(14-18)29-26(32)16-5-6-16/h7-9,11,13-14,16,19,31H,1-6,10,12,15H2,(H,27,29,32)/t19-/m1/s1. The molecule has 3 heterocycles. The average Bonchev–Trinajstić information content (AvgIpc) is 3.58. The number of fused-ring (bicyclic) bond motifs is 2. The summed E-state index contributed by atoms with van der Waals surface area (Å²) in [5.74, 6) is 0.821. The summed E-state index contributed by atoms with van der Waals surface area (Å²) < 4.78 is 0. The maximum absolute atomic E-state index is 12.2. The molecule has 164 valence electrons. The first-order valence-electron chi connectivity index (χ1n) is 11.8. The van der Waals surface area contributed by atoms with E-state index in [9.17, 15) is 9.90 Å². The summed E-state index contributed by atoms with van der Waals surface area (Å²) in [5.41, 5.74) is 6.98. The number of nitrogens with zero attached hydrogens (tertiary/aromatic N) is 3. The first kappa shape index (κ1) is 19.7. The van der Waals surface area contributed by atoms with Crippen molar-refractivity contribution in [3.05, 3.63) is 47.8 Å². The van der Waals surface area contributed by atoms with Crippen molar-refractivity contribution in [2.75, 3.05) is 23.3 Å². The number of aryl methyl sites for hydroxylation is 1. The number of nitrogens with one attached hydrogen (secondary N) is 1. The number of aliphatic hydroxyl groups excluding tert-OH is 1. The van der Waals surface area contributed by atoms with Crippen LogP contribution in [0.25, 0.3) is 22.0 Å². The molecule has 2 fully saturated rings. The number of benzene rings is 1. The second-order valence-electron chi connectivity index (χ2n) is 9.41. The Morgan fingerprint density at radius 2 is 1.91 bits per heavy atom. The molecular formula is C26H28N4O2. The molecule has 2 N–H and O–H groups in total. The summed E-state index contributed by atoms with van der Waals surface area (Å²) in [7, 11) is 0. The Bertz CT molecular complexity index is 1200. The molecule has 1 saturated carbocycles. The molecule has 0 spiro atoms. The molecule has 1 aliphatic heterocycles. The van der Waals surface area contributed by atoms with Crippen molar-refractivity contribution in [3.8, 4) is 11.1 Å². The van der Waals surface area contributed by atoms with Crippen molar-refractivity contribution < 1.29 is 9.90 Å². The van der Waals surface area contributed by atoms with Crippen molar-refractivity contribution in [3.63, 3.8) is 0 Å². The van der Waals surface area contributed by atoms with E-state index in [1.165, 1.54) is 29.8 Å². The molecule has 3 aromatic rings. The topological polar surface area (TPSA) is 78.4 Å². The minimum Gasteiger partial charge on any atom is -0.391 e. The maximum Gasteiger partial charge on any atom is 0.228 e. The van der Waals surface area contributed by atoms with Crippen molar-refractivity contribution in [2.45, 2.75) is 51.0 Å². The number of hydrogen-bond acceptors (Lipinski definition) is 5. The first-order valence-corrected chi connectivity index (χ1v) is 11.8. The second kappa shape index (κ2) is 7.85. The Labute approximate surface area is 187 Å². The van der Waals surface area contributed by atoms with Crippen molar-refractivity contribution in [1.29, 1.82) is 0 Å². The fraction of sp³-hybridized carbons (Fsp3) is 0.423. The molecule has 1 amide bonds. The number of β-amino-alcohol motifs (C(OH)–C–C–N with tert-alkyl or cyclic N) is 1. The van der Waals surface area contributed by atoms with Crippen LogP contribution in [0, 0.1) is 5.92 Å². The summed E-state index contributed by atoms with van der Waals surface area (Å²) in [6.07, 6.45) is 8.72. The molecule has 2 aromatic heterocycles. The van der Waals surface area contributed by atoms with Crippen LogP contribution in [0.4, 0.5) is 11.5 Å². The summed E-state index contributed by atoms with van der Waals surface area (Å²) in [5, 5.41) is 14.3. The molecular weight excluding hydrogens is 400 g/mol. The van der Waals surface area contributed by atoms with Gasteiger partial charge in [0.25, 0.3) is 0 Å². The van der Waals surface area contributed by atoms with Crippen molar-refractivity contribution in [2.24, 2.45) is 5.92 Å². The molecule has 1 atom stereocenters. The number of aliphatic hydroxyl groups is 1. The van der Waals surface area contributed by atoms with E-state index in [0.29, 0.717) is 12.4 Å². The lowest BCUT2D eigenvalue weighted by Gasteiger charge is -2.27. The minimum absolute atomic E-state index is 0.0684. The van der Waals surface area contributed by atoms with Gasteiger partial charge in [-0.05, 0) is 85.9 Å². The van der Waals surface area contributed by atoms with Gasteiger partial charge < -0.3 is 15.3 Å². The predicted molar refractivity (Wildman–Crippen MR) is 126 cm³/mol. The average molecular weight is 429 g/mol. The lowest BCUT2D eigenvalue weighted by Crippen LogP contribution is -2.24. The highest BCUT2D eigenvalue weighted by molar-refractivity contribution is 5.98. The van der Waals surface area contributed by atoms with E-state index < -0.39 is 0 Å². The smallest absolute Gasteiger partial charge is 0.228 e. The number of aromatic nitrogens is 2. The summed E-state index contributed by atoms with van der Waals surface area (Å²) in [6, 6.07) is 10.4. The monoisotopic (exact) mass is 428 g/mol. The Morgan fingerprint density at radius 3 is 2.72 bits per heavy atom. The van der Waals surface area contributed by atoms with E-state index in [1.54, 1.807) is 6.20 Å². The Kier molecular flexibility index (Phi) is 4.83. The van der Waals surface area contributed by atoms with Gasteiger partial charge in [0.2, 0.25) is 5.91 Å². The minimum atomic E-state index is -0.265. The zero-order valence-electron chi connectivity index (χ0n) is 18.2. The van der Waals surface area contributed by atoms with Crippen LogP contribution in [0.1, 0.15) is 43.4 Å². The van der Waals surface area contributed by atoms with Gasteiger partial charge in [0, 0.05) is 36.3 Å². The molecule has 6 heteroatoms. The Morgan fingerprint density at radius 1 is 1.06 bits per heavy atom. The molecule has 1 aromatic carbocycles. The van der Waals surface area contributed by atoms with Crippen LogP contribution in [0.5, 0.6) is 0 Å². The highest BCUT2D eigenvalue weighted by atomic mass is 16.3. The summed E-state index contributed by atoms with van der Waals surface area (Å²) >= 11 is 0. The molecule has 0 unspecified atom stereocenters. The number of carbonyl (C=O) groups excluding carboxylic acids is 1. The van der Waals surface area contributed by atoms with Gasteiger partial charge in [-0.2, -0.15) is 0 Å². The van der Waals surface area contributed by atoms with Gasteiger partial charge in [0.1, 0.15) is 5.82 Å². The highest BCUT2D eigenvalue weighted by Gasteiger charge is 2.30. The molecule has 1 saturated heterocycles. The Balaban J connectivity index is 1.43. The van der Waals surface area contributed by atoms with Crippen LogP contribution in [0.15, 0.2) is 36.5 Å². The SMILES string of the molecule is O=C(Nc1cc(-c2ccc3nc4c(c(N5CC[C@@H](O)C5)c3c2)CCCC4)ccn1)C1CC1. The summed E-state index contributed by atoms with van der Waals surface area (Å²) in [4.78, 5) is 23.9. The molecule has 3 aliphatic rings. The van der Waals surface area contributed by atoms with Gasteiger partial charge in [-0.25, -0.2) is 4.98 Å². The van der Waals surface area contributed by atoms with Crippen LogP contribution in [0.3, 0.4) is 0 Å².